The highest BCUT2D eigenvalue weighted by molar-refractivity contribution is 5.33. The highest BCUT2D eigenvalue weighted by Crippen LogP contribution is 2.21. The normalized spacial score (nSPS) is 15.7. The average Bonchev–Trinajstić information content (AvgIpc) is 2.40. The largest absolute Gasteiger partial charge is 0.491 e. The van der Waals surface area contributed by atoms with E-state index in [4.69, 9.17) is 4.74 Å². The number of nitrogens with one attached hydrogen (secondary N) is 1. The van der Waals surface area contributed by atoms with E-state index < -0.39 is 0 Å². The summed E-state index contributed by atoms with van der Waals surface area (Å²) in [5.74, 6) is 0.899. The molecule has 114 valence electrons. The zero-order valence-corrected chi connectivity index (χ0v) is 13.5. The van der Waals surface area contributed by atoms with Gasteiger partial charge in [-0.1, -0.05) is 13.0 Å². The van der Waals surface area contributed by atoms with Gasteiger partial charge in [0, 0.05) is 12.0 Å². The van der Waals surface area contributed by atoms with Crippen LogP contribution in [0.5, 0.6) is 5.75 Å². The maximum Gasteiger partial charge on any atom is 0.119 e. The molecule has 3 nitrogen and oxygen atoms in total. The second-order valence-electron chi connectivity index (χ2n) is 6.02. The number of hydrogen-bond donors (Lipinski definition) is 2. The SMILES string of the molecule is CCCNC(C)(CO)CC(C)Oc1ccc(C)c(C)c1. The van der Waals surface area contributed by atoms with Crippen LogP contribution >= 0.6 is 0 Å². The van der Waals surface area contributed by atoms with Crippen molar-refractivity contribution in [2.45, 2.75) is 59.1 Å². The van der Waals surface area contributed by atoms with Gasteiger partial charge in [0.05, 0.1) is 12.7 Å². The Bertz CT molecular complexity index is 419. The van der Waals surface area contributed by atoms with Crippen LogP contribution in [0.2, 0.25) is 0 Å². The van der Waals surface area contributed by atoms with Crippen molar-refractivity contribution >= 4 is 0 Å². The van der Waals surface area contributed by atoms with Crippen LogP contribution in [0.15, 0.2) is 18.2 Å². The third-order valence-electron chi connectivity index (χ3n) is 3.70. The van der Waals surface area contributed by atoms with Gasteiger partial charge in [0.2, 0.25) is 0 Å². The van der Waals surface area contributed by atoms with Crippen LogP contribution < -0.4 is 10.1 Å². The number of hydrogen-bond acceptors (Lipinski definition) is 3. The van der Waals surface area contributed by atoms with E-state index in [0.717, 1.165) is 25.1 Å². The van der Waals surface area contributed by atoms with Crippen LogP contribution in [-0.2, 0) is 0 Å². The summed E-state index contributed by atoms with van der Waals surface area (Å²) in [6.07, 6.45) is 1.89. The van der Waals surface area contributed by atoms with E-state index in [9.17, 15) is 5.11 Å². The standard InChI is InChI=1S/C17H29NO2/c1-6-9-18-17(5,12-19)11-15(4)20-16-8-7-13(2)14(3)10-16/h7-8,10,15,18-19H,6,9,11-12H2,1-5H3. The summed E-state index contributed by atoms with van der Waals surface area (Å²) in [4.78, 5) is 0. The molecule has 0 bridgehead atoms. The fourth-order valence-electron chi connectivity index (χ4n) is 2.32. The maximum atomic E-state index is 9.59. The zero-order chi connectivity index (χ0) is 15.2. The van der Waals surface area contributed by atoms with Crippen LogP contribution in [-0.4, -0.2) is 29.9 Å². The van der Waals surface area contributed by atoms with E-state index in [1.54, 1.807) is 0 Å². The topological polar surface area (TPSA) is 41.5 Å². The minimum absolute atomic E-state index is 0.0543. The summed E-state index contributed by atoms with van der Waals surface area (Å²) in [5, 5.41) is 13.0. The van der Waals surface area contributed by atoms with Crippen molar-refractivity contribution in [1.82, 2.24) is 5.32 Å². The first kappa shape index (κ1) is 17.0. The summed E-state index contributed by atoms with van der Waals surface area (Å²) in [5.41, 5.74) is 2.23. The Morgan fingerprint density at radius 1 is 1.30 bits per heavy atom. The van der Waals surface area contributed by atoms with Crippen LogP contribution in [0.1, 0.15) is 44.7 Å². The molecular weight excluding hydrogens is 250 g/mol. The minimum Gasteiger partial charge on any atom is -0.491 e. The Labute approximate surface area is 123 Å². The predicted molar refractivity (Wildman–Crippen MR) is 84.4 cm³/mol. The van der Waals surface area contributed by atoms with E-state index in [2.05, 4.69) is 45.1 Å². The first-order valence-electron chi connectivity index (χ1n) is 7.50. The first-order valence-corrected chi connectivity index (χ1v) is 7.50. The lowest BCUT2D eigenvalue weighted by atomic mass is 9.95. The second kappa shape index (κ2) is 7.65. The molecule has 20 heavy (non-hydrogen) atoms. The van der Waals surface area contributed by atoms with Crippen molar-refractivity contribution in [2.24, 2.45) is 0 Å². The summed E-state index contributed by atoms with van der Waals surface area (Å²) in [7, 11) is 0. The molecule has 1 rings (SSSR count). The lowest BCUT2D eigenvalue weighted by molar-refractivity contribution is 0.110. The quantitative estimate of drug-likeness (QED) is 0.768. The molecule has 1 aromatic rings. The zero-order valence-electron chi connectivity index (χ0n) is 13.5. The molecule has 0 saturated heterocycles. The molecule has 0 spiro atoms. The van der Waals surface area contributed by atoms with E-state index in [1.165, 1.54) is 11.1 Å². The lowest BCUT2D eigenvalue weighted by Gasteiger charge is -2.31. The molecule has 0 amide bonds. The summed E-state index contributed by atoms with van der Waals surface area (Å²) < 4.78 is 5.98. The van der Waals surface area contributed by atoms with Gasteiger partial charge in [0.1, 0.15) is 5.75 Å². The highest BCUT2D eigenvalue weighted by Gasteiger charge is 2.25. The van der Waals surface area contributed by atoms with E-state index in [1.807, 2.05) is 13.0 Å². The van der Waals surface area contributed by atoms with Gasteiger partial charge in [-0.3, -0.25) is 0 Å². The van der Waals surface area contributed by atoms with E-state index >= 15 is 0 Å². The number of rotatable bonds is 8. The van der Waals surface area contributed by atoms with Gasteiger partial charge in [0.15, 0.2) is 0 Å². The highest BCUT2D eigenvalue weighted by atomic mass is 16.5. The van der Waals surface area contributed by atoms with Gasteiger partial charge in [-0.2, -0.15) is 0 Å². The number of aryl methyl sites for hydroxylation is 2. The molecule has 3 heteroatoms. The van der Waals surface area contributed by atoms with Crippen LogP contribution in [0.4, 0.5) is 0 Å². The van der Waals surface area contributed by atoms with Crippen molar-refractivity contribution in [3.05, 3.63) is 29.3 Å². The van der Waals surface area contributed by atoms with Crippen LogP contribution in [0, 0.1) is 13.8 Å². The fraction of sp³-hybridized carbons (Fsp3) is 0.647. The Morgan fingerprint density at radius 2 is 2.00 bits per heavy atom. The van der Waals surface area contributed by atoms with Gasteiger partial charge in [0.25, 0.3) is 0 Å². The molecule has 2 atom stereocenters. The fourth-order valence-corrected chi connectivity index (χ4v) is 2.32. The predicted octanol–water partition coefficient (Wildman–Crippen LogP) is 3.21. The molecular formula is C17H29NO2. The second-order valence-corrected chi connectivity index (χ2v) is 6.02. The van der Waals surface area contributed by atoms with Gasteiger partial charge >= 0.3 is 0 Å². The molecule has 0 aliphatic rings. The van der Waals surface area contributed by atoms with Crippen molar-refractivity contribution < 1.29 is 9.84 Å². The average molecular weight is 279 g/mol. The van der Waals surface area contributed by atoms with Crippen molar-refractivity contribution in [3.8, 4) is 5.75 Å². The Morgan fingerprint density at radius 3 is 2.55 bits per heavy atom. The molecule has 0 aliphatic heterocycles. The molecule has 0 aliphatic carbocycles. The summed E-state index contributed by atoms with van der Waals surface area (Å²) >= 11 is 0. The number of aliphatic hydroxyl groups excluding tert-OH is 1. The van der Waals surface area contributed by atoms with Crippen LogP contribution in [0.25, 0.3) is 0 Å². The maximum absolute atomic E-state index is 9.59. The molecule has 2 N–H and O–H groups in total. The molecule has 1 aromatic carbocycles. The Kier molecular flexibility index (Phi) is 6.50. The molecule has 0 heterocycles. The third-order valence-corrected chi connectivity index (χ3v) is 3.70. The molecule has 0 saturated carbocycles. The van der Waals surface area contributed by atoms with Gasteiger partial charge in [-0.05, 0) is 63.9 Å². The smallest absolute Gasteiger partial charge is 0.119 e. The van der Waals surface area contributed by atoms with E-state index in [-0.39, 0.29) is 18.2 Å². The minimum atomic E-state index is -0.283. The number of aliphatic hydroxyl groups is 1. The van der Waals surface area contributed by atoms with Gasteiger partial charge < -0.3 is 15.2 Å². The first-order chi connectivity index (χ1) is 9.40. The lowest BCUT2D eigenvalue weighted by Crippen LogP contribution is -2.48. The molecule has 2 unspecified atom stereocenters. The Balaban J connectivity index is 2.61. The van der Waals surface area contributed by atoms with Crippen molar-refractivity contribution in [3.63, 3.8) is 0 Å². The van der Waals surface area contributed by atoms with Crippen molar-refractivity contribution in [1.29, 1.82) is 0 Å². The third kappa shape index (κ3) is 5.14. The van der Waals surface area contributed by atoms with Crippen LogP contribution in [0.3, 0.4) is 0 Å². The van der Waals surface area contributed by atoms with E-state index in [0.29, 0.717) is 0 Å². The Hall–Kier alpha value is -1.06. The van der Waals surface area contributed by atoms with Gasteiger partial charge in [-0.15, -0.1) is 0 Å². The molecule has 0 fully saturated rings. The summed E-state index contributed by atoms with van der Waals surface area (Å²) in [6, 6.07) is 6.16. The molecule has 0 radical (unpaired) electrons. The van der Waals surface area contributed by atoms with Crippen molar-refractivity contribution in [2.75, 3.05) is 13.2 Å². The number of benzene rings is 1. The number of ether oxygens (including phenoxy) is 1. The monoisotopic (exact) mass is 279 g/mol. The molecule has 0 aromatic heterocycles. The summed E-state index contributed by atoms with van der Waals surface area (Å²) in [6.45, 7) is 11.4. The van der Waals surface area contributed by atoms with Gasteiger partial charge in [-0.25, -0.2) is 0 Å².